The van der Waals surface area contributed by atoms with E-state index >= 15 is 0 Å². The Labute approximate surface area is 334 Å². The average molecular weight is 866 g/mol. The average Bonchev–Trinajstić information content (AvgIpc) is 3.15. The third kappa shape index (κ3) is 26.8. The molecule has 0 radical (unpaired) electrons. The highest BCUT2D eigenvalue weighted by Gasteiger charge is 2.39. The fourth-order valence-electron chi connectivity index (χ4n) is 5.38. The molecule has 13 nitrogen and oxygen atoms in total. The third-order valence-electron chi connectivity index (χ3n) is 8.25. The van der Waals surface area contributed by atoms with Crippen molar-refractivity contribution in [2.45, 2.75) is 95.2 Å². The second-order valence-corrected chi connectivity index (χ2v) is 13.1. The lowest BCUT2D eigenvalue weighted by Gasteiger charge is -2.26. The normalized spacial score (nSPS) is 13.6. The second-order valence-electron chi connectivity index (χ2n) is 13.1. The highest BCUT2D eigenvalue weighted by molar-refractivity contribution is 5.92. The van der Waals surface area contributed by atoms with Gasteiger partial charge in [0, 0.05) is 6.54 Å². The minimum absolute atomic E-state index is 0.0506. The predicted octanol–water partition coefficient (Wildman–Crippen LogP) is 5.55. The summed E-state index contributed by atoms with van der Waals surface area (Å²) in [4.78, 5) is 52.9. The van der Waals surface area contributed by atoms with E-state index in [0.29, 0.717) is 12.5 Å². The Hall–Kier alpha value is -4.70. The van der Waals surface area contributed by atoms with Gasteiger partial charge in [0.05, 0.1) is 6.42 Å². The molecule has 9 N–H and O–H groups in total. The molecule has 2 amide bonds. The van der Waals surface area contributed by atoms with Gasteiger partial charge >= 0.3 is 36.4 Å². The van der Waals surface area contributed by atoms with Crippen LogP contribution in [0.4, 0.5) is 39.5 Å². The van der Waals surface area contributed by atoms with E-state index in [1.807, 2.05) is 24.3 Å². The van der Waals surface area contributed by atoms with Crippen LogP contribution in [0, 0.1) is 5.92 Å². The van der Waals surface area contributed by atoms with Crippen LogP contribution in [-0.4, -0.2) is 109 Å². The first-order valence-electron chi connectivity index (χ1n) is 18.6. The zero-order chi connectivity index (χ0) is 45.1. The van der Waals surface area contributed by atoms with Crippen molar-refractivity contribution in [3.05, 3.63) is 48.0 Å². The van der Waals surface area contributed by atoms with Gasteiger partial charge < -0.3 is 42.3 Å². The molecule has 0 saturated heterocycles. The van der Waals surface area contributed by atoms with Crippen molar-refractivity contribution >= 4 is 40.5 Å². The number of carbonyl (C=O) groups is 5. The van der Waals surface area contributed by atoms with Gasteiger partial charge in [0.15, 0.2) is 0 Å². The molecule has 0 heterocycles. The lowest BCUT2D eigenvalue weighted by atomic mass is 9.84. The van der Waals surface area contributed by atoms with Crippen molar-refractivity contribution in [1.29, 1.82) is 0 Å². The number of halogens is 9. The van der Waals surface area contributed by atoms with Gasteiger partial charge in [-0.15, -0.1) is 0 Å². The summed E-state index contributed by atoms with van der Waals surface area (Å²) in [6.07, 6.45) is -4.04. The molecule has 0 aliphatic heterocycles. The number of nitrogens with two attached hydrogens (primary N) is 1. The van der Waals surface area contributed by atoms with E-state index in [1.165, 1.54) is 19.3 Å². The number of aliphatic carboxylic acids is 3. The van der Waals surface area contributed by atoms with Crippen LogP contribution in [0.2, 0.25) is 0 Å². The molecule has 1 atom stereocenters. The predicted molar refractivity (Wildman–Crippen MR) is 198 cm³/mol. The van der Waals surface area contributed by atoms with Crippen LogP contribution in [0.25, 0.3) is 10.8 Å². The molecule has 0 aromatic heterocycles. The Kier molecular flexibility index (Phi) is 26.4. The maximum absolute atomic E-state index is 13.1. The second kappa shape index (κ2) is 28.7. The summed E-state index contributed by atoms with van der Waals surface area (Å²) in [6, 6.07) is 13.7. The molecule has 0 bridgehead atoms. The fraction of sp³-hybridized carbons (Fsp3) is 0.595. The van der Waals surface area contributed by atoms with Crippen molar-refractivity contribution in [1.82, 2.24) is 21.3 Å². The summed E-state index contributed by atoms with van der Waals surface area (Å²) in [5.41, 5.74) is 6.49. The van der Waals surface area contributed by atoms with Gasteiger partial charge in [-0.3, -0.25) is 9.59 Å². The van der Waals surface area contributed by atoms with E-state index in [9.17, 15) is 49.1 Å². The molecule has 0 unspecified atom stereocenters. The number of hydrogen-bond acceptors (Lipinski definition) is 8. The van der Waals surface area contributed by atoms with Crippen LogP contribution in [0.3, 0.4) is 0 Å². The Balaban J connectivity index is 0.00000131. The number of unbranched alkanes of at least 4 members (excludes halogenated alkanes) is 1. The van der Waals surface area contributed by atoms with Gasteiger partial charge in [0.2, 0.25) is 11.8 Å². The molecule has 1 aliphatic carbocycles. The molecule has 2 aromatic carbocycles. The number of nitrogens with one attached hydrogen (secondary N) is 4. The van der Waals surface area contributed by atoms with E-state index in [1.54, 1.807) is 0 Å². The maximum Gasteiger partial charge on any atom is 0.490 e. The van der Waals surface area contributed by atoms with Crippen LogP contribution >= 0.6 is 0 Å². The zero-order valence-corrected chi connectivity index (χ0v) is 32.1. The molecule has 1 saturated carbocycles. The monoisotopic (exact) mass is 865 g/mol. The molecule has 1 fully saturated rings. The number of carboxylic acid groups (broad SMARTS) is 3. The fourth-order valence-corrected chi connectivity index (χ4v) is 5.38. The molecule has 0 spiro atoms. The molecule has 336 valence electrons. The summed E-state index contributed by atoms with van der Waals surface area (Å²) in [5.74, 6) is -7.90. The molecule has 3 rings (SSSR count). The smallest absolute Gasteiger partial charge is 0.475 e. The Bertz CT molecular complexity index is 1490. The van der Waals surface area contributed by atoms with Crippen molar-refractivity contribution < 1.29 is 78.8 Å². The number of carbonyl (C=O) groups excluding carboxylic acids is 2. The van der Waals surface area contributed by atoms with Gasteiger partial charge in [-0.05, 0) is 87.1 Å². The highest BCUT2D eigenvalue weighted by atomic mass is 19.4. The van der Waals surface area contributed by atoms with Crippen molar-refractivity contribution in [2.75, 3.05) is 39.3 Å². The SMILES string of the molecule is NCCCNCCCCNCCCNC(=O)[C@H](CC1CCCCC1)NC(=O)Cc1cccc2ccccc12.O=C(O)C(F)(F)F.O=C(O)C(F)(F)F.O=C(O)C(F)(F)F. The van der Waals surface area contributed by atoms with Crippen LogP contribution in [0.1, 0.15) is 69.8 Å². The van der Waals surface area contributed by atoms with E-state index in [0.717, 1.165) is 94.0 Å². The summed E-state index contributed by atoms with van der Waals surface area (Å²) in [5, 5.41) is 36.6. The first-order chi connectivity index (χ1) is 27.5. The van der Waals surface area contributed by atoms with Crippen molar-refractivity contribution in [3.8, 4) is 0 Å². The first kappa shape index (κ1) is 54.3. The highest BCUT2D eigenvalue weighted by Crippen LogP contribution is 2.27. The number of alkyl halides is 9. The Morgan fingerprint density at radius 1 is 0.644 bits per heavy atom. The first-order valence-corrected chi connectivity index (χ1v) is 18.6. The number of rotatable bonds is 18. The summed E-state index contributed by atoms with van der Waals surface area (Å²) >= 11 is 0. The number of amides is 2. The molecular formula is C37H52F9N5O8. The molecular weight excluding hydrogens is 813 g/mol. The number of carboxylic acids is 3. The van der Waals surface area contributed by atoms with E-state index in [4.69, 9.17) is 35.4 Å². The lowest BCUT2D eigenvalue weighted by Crippen LogP contribution is -2.48. The Morgan fingerprint density at radius 3 is 1.59 bits per heavy atom. The van der Waals surface area contributed by atoms with E-state index < -0.39 is 42.5 Å². The van der Waals surface area contributed by atoms with Gasteiger partial charge in [-0.25, -0.2) is 14.4 Å². The molecule has 1 aliphatic rings. The van der Waals surface area contributed by atoms with Crippen LogP contribution in [0.5, 0.6) is 0 Å². The van der Waals surface area contributed by atoms with Gasteiger partial charge in [-0.2, -0.15) is 39.5 Å². The standard InChI is InChI=1S/C31H49N5O2.3C2HF3O2/c32-17-9-20-33-18-6-7-19-34-21-10-22-35-31(38)29(23-25-11-2-1-3-12-25)36-30(37)24-27-15-8-14-26-13-4-5-16-28(26)27;3*3-2(4,5)1(6)7/h4-5,8,13-16,25,29,33-34H,1-3,6-7,9-12,17-24,32H2,(H,35,38)(H,36,37);3*(H,6,7)/t29-;;;/m0.../s1. The largest absolute Gasteiger partial charge is 0.490 e. The van der Waals surface area contributed by atoms with E-state index in [2.05, 4.69) is 39.5 Å². The number of benzene rings is 2. The third-order valence-corrected chi connectivity index (χ3v) is 8.25. The minimum Gasteiger partial charge on any atom is -0.475 e. The van der Waals surface area contributed by atoms with Gasteiger partial charge in [0.1, 0.15) is 6.04 Å². The number of fused-ring (bicyclic) bond motifs is 1. The van der Waals surface area contributed by atoms with Gasteiger partial charge in [-0.1, -0.05) is 74.6 Å². The molecule has 2 aromatic rings. The van der Waals surface area contributed by atoms with Crippen LogP contribution < -0.4 is 27.0 Å². The van der Waals surface area contributed by atoms with Crippen molar-refractivity contribution in [2.24, 2.45) is 11.7 Å². The quantitative estimate of drug-likeness (QED) is 0.0686. The molecule has 59 heavy (non-hydrogen) atoms. The van der Waals surface area contributed by atoms with Crippen LogP contribution in [-0.2, 0) is 30.4 Å². The maximum atomic E-state index is 13.1. The summed E-state index contributed by atoms with van der Waals surface area (Å²) < 4.78 is 95.2. The van der Waals surface area contributed by atoms with E-state index in [-0.39, 0.29) is 18.2 Å². The molecule has 22 heteroatoms. The van der Waals surface area contributed by atoms with Crippen molar-refractivity contribution in [3.63, 3.8) is 0 Å². The minimum atomic E-state index is -5.08. The number of hydrogen-bond donors (Lipinski definition) is 8. The summed E-state index contributed by atoms with van der Waals surface area (Å²) in [6.45, 7) is 5.25. The lowest BCUT2D eigenvalue weighted by molar-refractivity contribution is -0.193. The topological polar surface area (TPSA) is 220 Å². The Morgan fingerprint density at radius 2 is 1.10 bits per heavy atom. The van der Waals surface area contributed by atoms with Crippen LogP contribution in [0.15, 0.2) is 42.5 Å². The zero-order valence-electron chi connectivity index (χ0n) is 32.1. The summed E-state index contributed by atoms with van der Waals surface area (Å²) in [7, 11) is 0. The van der Waals surface area contributed by atoms with Gasteiger partial charge in [0.25, 0.3) is 0 Å².